The van der Waals surface area contributed by atoms with Gasteiger partial charge in [-0.3, -0.25) is 4.79 Å². The van der Waals surface area contributed by atoms with Crippen LogP contribution in [-0.2, 0) is 27.7 Å². The molecule has 0 spiro atoms. The molecule has 0 saturated heterocycles. The average Bonchev–Trinajstić information content (AvgIpc) is 2.66. The van der Waals surface area contributed by atoms with E-state index in [0.29, 0.717) is 32.4 Å². The number of hydrogen-bond donors (Lipinski definition) is 2. The van der Waals surface area contributed by atoms with Crippen molar-refractivity contribution in [3.8, 4) is 0 Å². The fourth-order valence-electron chi connectivity index (χ4n) is 2.50. The normalized spacial score (nSPS) is 11.3. The van der Waals surface area contributed by atoms with Crippen molar-refractivity contribution in [3.05, 3.63) is 65.7 Å². The molecule has 0 bridgehead atoms. The van der Waals surface area contributed by atoms with Gasteiger partial charge >= 0.3 is 0 Å². The fraction of sp³-hybridized carbons (Fsp3) is 0.350. The van der Waals surface area contributed by atoms with Gasteiger partial charge in [-0.1, -0.05) is 49.4 Å². The summed E-state index contributed by atoms with van der Waals surface area (Å²) in [6.07, 6.45) is 2.55. The van der Waals surface area contributed by atoms with Crippen LogP contribution in [-0.4, -0.2) is 27.4 Å². The number of hydrogen-bond acceptors (Lipinski definition) is 3. The molecule has 0 saturated carbocycles. The fourth-order valence-corrected chi connectivity index (χ4v) is 3.54. The molecule has 0 unspecified atom stereocenters. The third-order valence-electron chi connectivity index (χ3n) is 4.00. The molecule has 26 heavy (non-hydrogen) atoms. The molecule has 5 nitrogen and oxygen atoms in total. The van der Waals surface area contributed by atoms with Gasteiger partial charge in [-0.05, 0) is 42.5 Å². The molecule has 2 rings (SSSR count). The van der Waals surface area contributed by atoms with Crippen molar-refractivity contribution in [1.82, 2.24) is 10.0 Å². The maximum atomic E-state index is 12.3. The Morgan fingerprint density at radius 2 is 1.54 bits per heavy atom. The van der Waals surface area contributed by atoms with E-state index in [9.17, 15) is 13.2 Å². The number of rotatable bonds is 10. The third-order valence-corrected chi connectivity index (χ3v) is 5.47. The summed E-state index contributed by atoms with van der Waals surface area (Å²) in [6.45, 7) is 3.05. The molecule has 0 aromatic heterocycles. The van der Waals surface area contributed by atoms with Gasteiger partial charge in [-0.25, -0.2) is 13.1 Å². The molecule has 0 aliphatic heterocycles. The maximum absolute atomic E-state index is 12.3. The lowest BCUT2D eigenvalue weighted by molar-refractivity contribution is -0.121. The van der Waals surface area contributed by atoms with E-state index in [1.54, 1.807) is 24.3 Å². The number of benzene rings is 2. The summed E-state index contributed by atoms with van der Waals surface area (Å²) in [5, 5.41) is 2.83. The van der Waals surface area contributed by atoms with Crippen molar-refractivity contribution in [2.45, 2.75) is 37.5 Å². The number of carbonyl (C=O) groups is 1. The summed E-state index contributed by atoms with van der Waals surface area (Å²) in [5.74, 6) is 0.0196. The monoisotopic (exact) mass is 374 g/mol. The molecule has 140 valence electrons. The van der Waals surface area contributed by atoms with Crippen LogP contribution in [0, 0.1) is 0 Å². The van der Waals surface area contributed by atoms with E-state index >= 15 is 0 Å². The van der Waals surface area contributed by atoms with E-state index in [1.807, 2.05) is 37.3 Å². The summed E-state index contributed by atoms with van der Waals surface area (Å²) >= 11 is 0. The first-order valence-corrected chi connectivity index (χ1v) is 10.4. The summed E-state index contributed by atoms with van der Waals surface area (Å²) < 4.78 is 27.3. The third kappa shape index (κ3) is 6.61. The van der Waals surface area contributed by atoms with E-state index in [-0.39, 0.29) is 10.8 Å². The van der Waals surface area contributed by atoms with E-state index < -0.39 is 10.0 Å². The first-order valence-electron chi connectivity index (χ1n) is 8.90. The second-order valence-electron chi connectivity index (χ2n) is 6.13. The quantitative estimate of drug-likeness (QED) is 0.671. The Morgan fingerprint density at radius 3 is 2.19 bits per heavy atom. The first kappa shape index (κ1) is 20.1. The van der Waals surface area contributed by atoms with Crippen molar-refractivity contribution < 1.29 is 13.2 Å². The second kappa shape index (κ2) is 10.1. The van der Waals surface area contributed by atoms with E-state index in [2.05, 4.69) is 10.0 Å². The van der Waals surface area contributed by atoms with Crippen LogP contribution >= 0.6 is 0 Å². The SMILES string of the molecule is CCCNC(=O)CCc1ccc(S(=O)(=O)NCCc2ccccc2)cc1. The van der Waals surface area contributed by atoms with Crippen LogP contribution in [0.1, 0.15) is 30.9 Å². The van der Waals surface area contributed by atoms with Crippen LogP contribution in [0.15, 0.2) is 59.5 Å². The predicted octanol–water partition coefficient (Wildman–Crippen LogP) is 2.67. The van der Waals surface area contributed by atoms with Crippen LogP contribution in [0.2, 0.25) is 0 Å². The number of aryl methyl sites for hydroxylation is 1. The summed E-state index contributed by atoms with van der Waals surface area (Å²) in [6, 6.07) is 16.4. The lowest BCUT2D eigenvalue weighted by atomic mass is 10.1. The van der Waals surface area contributed by atoms with Gasteiger partial charge in [0.25, 0.3) is 0 Å². The van der Waals surface area contributed by atoms with Gasteiger partial charge < -0.3 is 5.32 Å². The van der Waals surface area contributed by atoms with Crippen molar-refractivity contribution in [2.75, 3.05) is 13.1 Å². The predicted molar refractivity (Wildman–Crippen MR) is 103 cm³/mol. The van der Waals surface area contributed by atoms with Crippen LogP contribution in [0.3, 0.4) is 0 Å². The van der Waals surface area contributed by atoms with Gasteiger partial charge in [0.2, 0.25) is 15.9 Å². The molecule has 0 aliphatic rings. The average molecular weight is 375 g/mol. The van der Waals surface area contributed by atoms with E-state index in [1.165, 1.54) is 0 Å². The lowest BCUT2D eigenvalue weighted by Gasteiger charge is -2.08. The summed E-state index contributed by atoms with van der Waals surface area (Å²) in [4.78, 5) is 11.9. The van der Waals surface area contributed by atoms with Gasteiger partial charge in [-0.2, -0.15) is 0 Å². The maximum Gasteiger partial charge on any atom is 0.240 e. The molecule has 0 fully saturated rings. The van der Waals surface area contributed by atoms with Crippen molar-refractivity contribution in [1.29, 1.82) is 0 Å². The first-order chi connectivity index (χ1) is 12.5. The largest absolute Gasteiger partial charge is 0.356 e. The number of nitrogens with one attached hydrogen (secondary N) is 2. The molecule has 0 aliphatic carbocycles. The van der Waals surface area contributed by atoms with Gasteiger partial charge in [0.15, 0.2) is 0 Å². The smallest absolute Gasteiger partial charge is 0.240 e. The lowest BCUT2D eigenvalue weighted by Crippen LogP contribution is -2.26. The van der Waals surface area contributed by atoms with Crippen molar-refractivity contribution >= 4 is 15.9 Å². The minimum atomic E-state index is -3.52. The molecule has 0 radical (unpaired) electrons. The highest BCUT2D eigenvalue weighted by atomic mass is 32.2. The number of amides is 1. The molecule has 2 aromatic carbocycles. The number of sulfonamides is 1. The number of carbonyl (C=O) groups excluding carboxylic acids is 1. The van der Waals surface area contributed by atoms with Gasteiger partial charge in [0.05, 0.1) is 4.90 Å². The Balaban J connectivity index is 1.84. The Kier molecular flexibility index (Phi) is 7.81. The van der Waals surface area contributed by atoms with Crippen LogP contribution in [0.5, 0.6) is 0 Å². The van der Waals surface area contributed by atoms with Crippen molar-refractivity contribution in [2.24, 2.45) is 0 Å². The zero-order chi connectivity index (χ0) is 18.8. The minimum Gasteiger partial charge on any atom is -0.356 e. The zero-order valence-corrected chi connectivity index (χ0v) is 15.9. The Hall–Kier alpha value is -2.18. The Morgan fingerprint density at radius 1 is 0.885 bits per heavy atom. The van der Waals surface area contributed by atoms with Gasteiger partial charge in [0.1, 0.15) is 0 Å². The molecule has 0 atom stereocenters. The second-order valence-corrected chi connectivity index (χ2v) is 7.89. The van der Waals surface area contributed by atoms with Crippen LogP contribution < -0.4 is 10.0 Å². The molecule has 0 heterocycles. The summed E-state index contributed by atoms with van der Waals surface area (Å²) in [5.41, 5.74) is 2.03. The minimum absolute atomic E-state index is 0.0196. The Labute approximate surface area is 155 Å². The highest BCUT2D eigenvalue weighted by Crippen LogP contribution is 2.12. The standard InChI is InChI=1S/C20H26N2O3S/c1-2-15-21-20(23)13-10-18-8-11-19(12-9-18)26(24,25)22-16-14-17-6-4-3-5-7-17/h3-9,11-12,22H,2,10,13-16H2,1H3,(H,21,23). The van der Waals surface area contributed by atoms with Crippen LogP contribution in [0.4, 0.5) is 0 Å². The molecule has 1 amide bonds. The van der Waals surface area contributed by atoms with Crippen molar-refractivity contribution in [3.63, 3.8) is 0 Å². The highest BCUT2D eigenvalue weighted by Gasteiger charge is 2.13. The highest BCUT2D eigenvalue weighted by molar-refractivity contribution is 7.89. The topological polar surface area (TPSA) is 75.3 Å². The van der Waals surface area contributed by atoms with Crippen LogP contribution in [0.25, 0.3) is 0 Å². The van der Waals surface area contributed by atoms with E-state index in [4.69, 9.17) is 0 Å². The van der Waals surface area contributed by atoms with Gasteiger partial charge in [0, 0.05) is 19.5 Å². The summed E-state index contributed by atoms with van der Waals surface area (Å²) in [7, 11) is -3.52. The molecule has 2 aromatic rings. The molecule has 6 heteroatoms. The zero-order valence-electron chi connectivity index (χ0n) is 15.1. The molecular formula is C20H26N2O3S. The van der Waals surface area contributed by atoms with E-state index in [0.717, 1.165) is 17.5 Å². The van der Waals surface area contributed by atoms with Gasteiger partial charge in [-0.15, -0.1) is 0 Å². The molecule has 2 N–H and O–H groups in total. The molecular weight excluding hydrogens is 348 g/mol. The Bertz CT molecular complexity index is 788.